The summed E-state index contributed by atoms with van der Waals surface area (Å²) in [6, 6.07) is 8.39. The molecule has 0 saturated heterocycles. The monoisotopic (exact) mass is 356 g/mol. The van der Waals surface area contributed by atoms with Gasteiger partial charge in [-0.3, -0.25) is 9.59 Å². The molecule has 2 aromatic rings. The molecule has 3 N–H and O–H groups in total. The van der Waals surface area contributed by atoms with E-state index in [-0.39, 0.29) is 11.8 Å². The standard InChI is InChI=1S/C17H16N4O3S/c1-9(15(22)21-17-11(8-18)5-6-25-17)19-12-3-4-14-13(7-12)20-16(23)10(2)24-14/h3-7,9-10,19H,1-2H3,(H,20,23)(H,21,22). The molecule has 0 radical (unpaired) electrons. The van der Waals surface area contributed by atoms with Gasteiger partial charge in [-0.05, 0) is 43.5 Å². The molecule has 128 valence electrons. The van der Waals surface area contributed by atoms with Crippen LogP contribution in [-0.4, -0.2) is 24.0 Å². The molecule has 8 heteroatoms. The fraction of sp³-hybridized carbons (Fsp3) is 0.235. The number of carbonyl (C=O) groups is 2. The first-order valence-electron chi connectivity index (χ1n) is 7.64. The smallest absolute Gasteiger partial charge is 0.265 e. The van der Waals surface area contributed by atoms with Gasteiger partial charge in [-0.15, -0.1) is 11.3 Å². The van der Waals surface area contributed by atoms with Gasteiger partial charge in [0, 0.05) is 5.69 Å². The Bertz CT molecular complexity index is 871. The molecule has 0 saturated carbocycles. The van der Waals surface area contributed by atoms with Crippen molar-refractivity contribution in [1.82, 2.24) is 0 Å². The Balaban J connectivity index is 1.68. The minimum absolute atomic E-state index is 0.211. The van der Waals surface area contributed by atoms with Crippen LogP contribution >= 0.6 is 11.3 Å². The highest BCUT2D eigenvalue weighted by atomic mass is 32.1. The van der Waals surface area contributed by atoms with E-state index in [0.29, 0.717) is 27.7 Å². The van der Waals surface area contributed by atoms with Crippen LogP contribution in [0.1, 0.15) is 19.4 Å². The lowest BCUT2D eigenvalue weighted by Crippen LogP contribution is -2.34. The number of fused-ring (bicyclic) bond motifs is 1. The number of carbonyl (C=O) groups excluding carboxylic acids is 2. The first-order valence-corrected chi connectivity index (χ1v) is 8.52. The average Bonchev–Trinajstić information content (AvgIpc) is 3.03. The summed E-state index contributed by atoms with van der Waals surface area (Å²) < 4.78 is 5.50. The second kappa shape index (κ2) is 6.83. The van der Waals surface area contributed by atoms with Gasteiger partial charge in [0.1, 0.15) is 22.9 Å². The van der Waals surface area contributed by atoms with Crippen LogP contribution in [0.5, 0.6) is 5.75 Å². The van der Waals surface area contributed by atoms with Gasteiger partial charge >= 0.3 is 0 Å². The third-order valence-electron chi connectivity index (χ3n) is 3.71. The summed E-state index contributed by atoms with van der Waals surface area (Å²) in [5.41, 5.74) is 1.67. The molecule has 2 atom stereocenters. The number of hydrogen-bond donors (Lipinski definition) is 3. The van der Waals surface area contributed by atoms with E-state index in [9.17, 15) is 9.59 Å². The molecule has 1 aliphatic rings. The zero-order valence-corrected chi connectivity index (χ0v) is 14.4. The van der Waals surface area contributed by atoms with Gasteiger partial charge in [-0.25, -0.2) is 0 Å². The lowest BCUT2D eigenvalue weighted by molar-refractivity contribution is -0.122. The van der Waals surface area contributed by atoms with E-state index in [4.69, 9.17) is 10.00 Å². The van der Waals surface area contributed by atoms with Crippen LogP contribution in [0.4, 0.5) is 16.4 Å². The maximum absolute atomic E-state index is 12.3. The predicted molar refractivity (Wildman–Crippen MR) is 95.9 cm³/mol. The molecule has 2 unspecified atom stereocenters. The zero-order chi connectivity index (χ0) is 18.0. The minimum atomic E-state index is -0.536. The van der Waals surface area contributed by atoms with Crippen molar-refractivity contribution in [2.45, 2.75) is 26.0 Å². The Morgan fingerprint density at radius 2 is 2.24 bits per heavy atom. The average molecular weight is 356 g/mol. The van der Waals surface area contributed by atoms with Crippen LogP contribution in [0.15, 0.2) is 29.6 Å². The second-order valence-electron chi connectivity index (χ2n) is 5.59. The number of hydrogen-bond acceptors (Lipinski definition) is 6. The molecular weight excluding hydrogens is 340 g/mol. The van der Waals surface area contributed by atoms with Crippen molar-refractivity contribution in [3.63, 3.8) is 0 Å². The van der Waals surface area contributed by atoms with Crippen LogP contribution in [0.3, 0.4) is 0 Å². The molecule has 1 aromatic carbocycles. The summed E-state index contributed by atoms with van der Waals surface area (Å²) in [6.45, 7) is 3.39. The van der Waals surface area contributed by atoms with Crippen molar-refractivity contribution in [3.8, 4) is 11.8 Å². The number of benzene rings is 1. The first kappa shape index (κ1) is 16.8. The highest BCUT2D eigenvalue weighted by molar-refractivity contribution is 7.14. The van der Waals surface area contributed by atoms with Crippen LogP contribution in [0.25, 0.3) is 0 Å². The van der Waals surface area contributed by atoms with Crippen molar-refractivity contribution in [1.29, 1.82) is 5.26 Å². The first-order chi connectivity index (χ1) is 12.0. The van der Waals surface area contributed by atoms with E-state index in [0.717, 1.165) is 0 Å². The van der Waals surface area contributed by atoms with Gasteiger partial charge in [-0.2, -0.15) is 5.26 Å². The normalized spacial score (nSPS) is 16.7. The number of nitriles is 1. The third kappa shape index (κ3) is 3.56. The highest BCUT2D eigenvalue weighted by Gasteiger charge is 2.24. The van der Waals surface area contributed by atoms with Crippen molar-refractivity contribution >= 4 is 39.5 Å². The Hall–Kier alpha value is -3.05. The molecule has 0 fully saturated rings. The van der Waals surface area contributed by atoms with E-state index in [1.807, 2.05) is 6.07 Å². The summed E-state index contributed by atoms with van der Waals surface area (Å²) in [5.74, 6) is 0.120. The molecule has 0 aliphatic carbocycles. The third-order valence-corrected chi connectivity index (χ3v) is 4.54. The molecule has 25 heavy (non-hydrogen) atoms. The number of ether oxygens (including phenoxy) is 1. The quantitative estimate of drug-likeness (QED) is 0.781. The minimum Gasteiger partial charge on any atom is -0.479 e. The number of rotatable bonds is 4. The molecule has 0 spiro atoms. The number of nitrogens with one attached hydrogen (secondary N) is 3. The van der Waals surface area contributed by atoms with Crippen molar-refractivity contribution in [2.75, 3.05) is 16.0 Å². The van der Waals surface area contributed by atoms with Gasteiger partial charge in [0.25, 0.3) is 5.91 Å². The highest BCUT2D eigenvalue weighted by Crippen LogP contribution is 2.32. The molecular formula is C17H16N4O3S. The summed E-state index contributed by atoms with van der Waals surface area (Å²) in [6.07, 6.45) is -0.531. The van der Waals surface area contributed by atoms with Crippen LogP contribution in [0.2, 0.25) is 0 Å². The summed E-state index contributed by atoms with van der Waals surface area (Å²) in [7, 11) is 0. The number of anilines is 3. The summed E-state index contributed by atoms with van der Waals surface area (Å²) in [4.78, 5) is 24.0. The summed E-state index contributed by atoms with van der Waals surface area (Å²) in [5, 5.41) is 19.8. The largest absolute Gasteiger partial charge is 0.479 e. The Kier molecular flexibility index (Phi) is 4.59. The SMILES string of the molecule is CC(Nc1ccc2c(c1)NC(=O)C(C)O2)C(=O)Nc1sccc1C#N. The van der Waals surface area contributed by atoms with E-state index in [1.165, 1.54) is 11.3 Å². The van der Waals surface area contributed by atoms with Gasteiger partial charge in [0.15, 0.2) is 6.10 Å². The molecule has 1 aliphatic heterocycles. The van der Waals surface area contributed by atoms with Crippen LogP contribution in [0, 0.1) is 11.3 Å². The van der Waals surface area contributed by atoms with Gasteiger partial charge in [0.2, 0.25) is 5.91 Å². The molecule has 7 nitrogen and oxygen atoms in total. The van der Waals surface area contributed by atoms with Crippen molar-refractivity contribution < 1.29 is 14.3 Å². The molecule has 2 amide bonds. The van der Waals surface area contributed by atoms with Crippen LogP contribution in [-0.2, 0) is 9.59 Å². The Morgan fingerprint density at radius 3 is 3.00 bits per heavy atom. The fourth-order valence-corrected chi connectivity index (χ4v) is 3.07. The van der Waals surface area contributed by atoms with Gasteiger partial charge in [0.05, 0.1) is 11.3 Å². The zero-order valence-electron chi connectivity index (χ0n) is 13.6. The molecule has 3 rings (SSSR count). The Labute approximate surface area is 148 Å². The molecule has 0 bridgehead atoms. The van der Waals surface area contributed by atoms with Gasteiger partial charge < -0.3 is 20.7 Å². The fourth-order valence-electron chi connectivity index (χ4n) is 2.33. The number of amides is 2. The second-order valence-corrected chi connectivity index (χ2v) is 6.51. The lowest BCUT2D eigenvalue weighted by Gasteiger charge is -2.24. The molecule has 1 aromatic heterocycles. The van der Waals surface area contributed by atoms with Crippen molar-refractivity contribution in [2.24, 2.45) is 0 Å². The topological polar surface area (TPSA) is 103 Å². The lowest BCUT2D eigenvalue weighted by atomic mass is 10.2. The van der Waals surface area contributed by atoms with Crippen molar-refractivity contribution in [3.05, 3.63) is 35.2 Å². The number of thiophene rings is 1. The maximum atomic E-state index is 12.3. The van der Waals surface area contributed by atoms with Gasteiger partial charge in [-0.1, -0.05) is 0 Å². The Morgan fingerprint density at radius 1 is 1.44 bits per heavy atom. The van der Waals surface area contributed by atoms with Crippen LogP contribution < -0.4 is 20.7 Å². The summed E-state index contributed by atoms with van der Waals surface area (Å²) >= 11 is 1.30. The molecule has 2 heterocycles. The number of nitrogens with zero attached hydrogens (tertiary/aromatic N) is 1. The van der Waals surface area contributed by atoms with E-state index in [1.54, 1.807) is 43.5 Å². The van der Waals surface area contributed by atoms with E-state index < -0.39 is 12.1 Å². The maximum Gasteiger partial charge on any atom is 0.265 e. The predicted octanol–water partition coefficient (Wildman–Crippen LogP) is 2.78. The van der Waals surface area contributed by atoms with E-state index in [2.05, 4.69) is 16.0 Å². The van der Waals surface area contributed by atoms with E-state index >= 15 is 0 Å².